The lowest BCUT2D eigenvalue weighted by Gasteiger charge is -2.26. The third kappa shape index (κ3) is 4.29. The smallest absolute Gasteiger partial charge is 0.242 e. The summed E-state index contributed by atoms with van der Waals surface area (Å²) in [5, 5.41) is 3.68. The first-order chi connectivity index (χ1) is 10.5. The third-order valence-electron chi connectivity index (χ3n) is 3.76. The fourth-order valence-corrected chi connectivity index (χ4v) is 3.67. The SMILES string of the molecule is CCC(C)=C1C(NC(C)(C)C)=Cc2cccc(O[Si](C)(C)C)c21. The molecule has 0 saturated carbocycles. The number of rotatable bonds is 4. The molecule has 1 aliphatic rings. The molecule has 2 nitrogen and oxygen atoms in total. The highest BCUT2D eigenvalue weighted by Crippen LogP contribution is 2.43. The Bertz CT molecular complexity index is 657. The van der Waals surface area contributed by atoms with Crippen molar-refractivity contribution < 1.29 is 4.43 Å². The second-order valence-corrected chi connectivity index (χ2v) is 12.8. The standard InChI is InChI=1S/C20H31NOSi/c1-9-14(2)18-16(21-20(3,4)5)13-15-11-10-12-17(19(15)18)22-23(6,7)8/h10-13,21H,9H2,1-8H3. The van der Waals surface area contributed by atoms with Gasteiger partial charge in [-0.05, 0) is 71.5 Å². The van der Waals surface area contributed by atoms with E-state index in [4.69, 9.17) is 4.43 Å². The summed E-state index contributed by atoms with van der Waals surface area (Å²) < 4.78 is 6.39. The van der Waals surface area contributed by atoms with E-state index in [9.17, 15) is 0 Å². The lowest BCUT2D eigenvalue weighted by Crippen LogP contribution is -2.35. The van der Waals surface area contributed by atoms with Gasteiger partial charge in [0.05, 0.1) is 0 Å². The van der Waals surface area contributed by atoms with E-state index in [0.29, 0.717) is 0 Å². The highest BCUT2D eigenvalue weighted by atomic mass is 28.4. The Morgan fingerprint density at radius 3 is 2.35 bits per heavy atom. The Morgan fingerprint density at radius 1 is 1.17 bits per heavy atom. The van der Waals surface area contributed by atoms with Gasteiger partial charge < -0.3 is 9.74 Å². The van der Waals surface area contributed by atoms with Crippen molar-refractivity contribution in [1.82, 2.24) is 5.32 Å². The monoisotopic (exact) mass is 329 g/mol. The van der Waals surface area contributed by atoms with Crippen LogP contribution in [0.3, 0.4) is 0 Å². The molecule has 1 aromatic carbocycles. The normalized spacial score (nSPS) is 16.8. The van der Waals surface area contributed by atoms with Gasteiger partial charge in [0, 0.05) is 22.4 Å². The van der Waals surface area contributed by atoms with Gasteiger partial charge in [-0.3, -0.25) is 0 Å². The average Bonchev–Trinajstić information content (AvgIpc) is 2.72. The van der Waals surface area contributed by atoms with Crippen LogP contribution in [-0.2, 0) is 0 Å². The van der Waals surface area contributed by atoms with E-state index < -0.39 is 8.32 Å². The first-order valence-corrected chi connectivity index (χ1v) is 11.9. The summed E-state index contributed by atoms with van der Waals surface area (Å²) in [6, 6.07) is 6.41. The molecule has 1 aliphatic carbocycles. The number of allylic oxidation sites excluding steroid dienone is 2. The molecule has 23 heavy (non-hydrogen) atoms. The molecule has 0 heterocycles. The van der Waals surface area contributed by atoms with Crippen molar-refractivity contribution in [3.05, 3.63) is 40.6 Å². The van der Waals surface area contributed by atoms with E-state index in [-0.39, 0.29) is 5.54 Å². The molecule has 0 radical (unpaired) electrons. The predicted molar refractivity (Wildman–Crippen MR) is 104 cm³/mol. The molecule has 0 spiro atoms. The lowest BCUT2D eigenvalue weighted by molar-refractivity contribution is 0.482. The zero-order valence-corrected chi connectivity index (χ0v) is 16.9. The summed E-state index contributed by atoms with van der Waals surface area (Å²) in [5.41, 5.74) is 6.51. The number of hydrogen-bond donors (Lipinski definition) is 1. The van der Waals surface area contributed by atoms with Crippen LogP contribution >= 0.6 is 0 Å². The largest absolute Gasteiger partial charge is 0.544 e. The Labute approximate surface area is 142 Å². The van der Waals surface area contributed by atoms with Crippen molar-refractivity contribution in [3.63, 3.8) is 0 Å². The molecule has 0 aliphatic heterocycles. The second-order valence-electron chi connectivity index (χ2n) is 8.38. The average molecular weight is 330 g/mol. The van der Waals surface area contributed by atoms with Crippen LogP contribution < -0.4 is 9.74 Å². The summed E-state index contributed by atoms with van der Waals surface area (Å²) in [5.74, 6) is 1.03. The molecular weight excluding hydrogens is 298 g/mol. The summed E-state index contributed by atoms with van der Waals surface area (Å²) in [4.78, 5) is 0. The molecular formula is C20H31NOSi. The maximum Gasteiger partial charge on any atom is 0.242 e. The van der Waals surface area contributed by atoms with Crippen LogP contribution in [0, 0.1) is 0 Å². The Hall–Kier alpha value is -1.48. The van der Waals surface area contributed by atoms with Crippen molar-refractivity contribution in [3.8, 4) is 5.75 Å². The van der Waals surface area contributed by atoms with Gasteiger partial charge in [0.1, 0.15) is 5.75 Å². The van der Waals surface area contributed by atoms with Crippen LogP contribution in [-0.4, -0.2) is 13.9 Å². The lowest BCUT2D eigenvalue weighted by atomic mass is 9.97. The van der Waals surface area contributed by atoms with Crippen LogP contribution in [0.15, 0.2) is 29.5 Å². The first kappa shape index (κ1) is 17.9. The van der Waals surface area contributed by atoms with Crippen molar-refractivity contribution in [2.75, 3.05) is 0 Å². The van der Waals surface area contributed by atoms with Gasteiger partial charge in [-0.25, -0.2) is 0 Å². The van der Waals surface area contributed by atoms with Crippen LogP contribution in [0.5, 0.6) is 5.75 Å². The zero-order chi connectivity index (χ0) is 17.4. The summed E-state index contributed by atoms with van der Waals surface area (Å²) in [6.45, 7) is 17.8. The molecule has 0 bridgehead atoms. The number of fused-ring (bicyclic) bond motifs is 1. The molecule has 0 amide bonds. The minimum Gasteiger partial charge on any atom is -0.544 e. The van der Waals surface area contributed by atoms with E-state index in [2.05, 4.69) is 83.9 Å². The fraction of sp³-hybridized carbons (Fsp3) is 0.500. The molecule has 0 atom stereocenters. The molecule has 1 aromatic rings. The van der Waals surface area contributed by atoms with Crippen LogP contribution in [0.4, 0.5) is 0 Å². The van der Waals surface area contributed by atoms with Gasteiger partial charge in [-0.1, -0.05) is 24.6 Å². The van der Waals surface area contributed by atoms with Gasteiger partial charge >= 0.3 is 0 Å². The first-order valence-electron chi connectivity index (χ1n) is 8.54. The number of benzene rings is 1. The van der Waals surface area contributed by atoms with Crippen LogP contribution in [0.2, 0.25) is 19.6 Å². The fourth-order valence-electron chi connectivity index (χ4n) is 2.84. The van der Waals surface area contributed by atoms with E-state index in [0.717, 1.165) is 12.2 Å². The highest BCUT2D eigenvalue weighted by molar-refractivity contribution is 6.70. The maximum atomic E-state index is 6.39. The third-order valence-corrected chi connectivity index (χ3v) is 4.59. The zero-order valence-electron chi connectivity index (χ0n) is 15.9. The quantitative estimate of drug-likeness (QED) is 0.702. The molecule has 2 rings (SSSR count). The Balaban J connectivity index is 2.57. The topological polar surface area (TPSA) is 21.3 Å². The van der Waals surface area contributed by atoms with Crippen molar-refractivity contribution in [1.29, 1.82) is 0 Å². The van der Waals surface area contributed by atoms with E-state index >= 15 is 0 Å². The summed E-state index contributed by atoms with van der Waals surface area (Å²) in [7, 11) is -1.65. The van der Waals surface area contributed by atoms with Gasteiger partial charge in [0.15, 0.2) is 0 Å². The Morgan fingerprint density at radius 2 is 1.83 bits per heavy atom. The second kappa shape index (κ2) is 6.20. The van der Waals surface area contributed by atoms with Crippen molar-refractivity contribution in [2.45, 2.75) is 66.2 Å². The summed E-state index contributed by atoms with van der Waals surface area (Å²) >= 11 is 0. The van der Waals surface area contributed by atoms with Gasteiger partial charge in [-0.2, -0.15) is 0 Å². The highest BCUT2D eigenvalue weighted by Gasteiger charge is 2.28. The van der Waals surface area contributed by atoms with E-state index in [1.54, 1.807) is 0 Å². The van der Waals surface area contributed by atoms with Crippen molar-refractivity contribution in [2.24, 2.45) is 0 Å². The molecule has 126 valence electrons. The van der Waals surface area contributed by atoms with Crippen LogP contribution in [0.1, 0.15) is 52.2 Å². The molecule has 0 fully saturated rings. The maximum absolute atomic E-state index is 6.39. The van der Waals surface area contributed by atoms with Crippen molar-refractivity contribution >= 4 is 20.0 Å². The minimum absolute atomic E-state index is 0.0347. The van der Waals surface area contributed by atoms with Crippen LogP contribution in [0.25, 0.3) is 11.6 Å². The van der Waals surface area contributed by atoms with Gasteiger partial charge in [-0.15, -0.1) is 0 Å². The number of nitrogens with one attached hydrogen (secondary N) is 1. The van der Waals surface area contributed by atoms with E-state index in [1.807, 2.05) is 0 Å². The molecule has 0 unspecified atom stereocenters. The molecule has 1 N–H and O–H groups in total. The molecule has 0 saturated heterocycles. The minimum atomic E-state index is -1.65. The Kier molecular flexibility index (Phi) is 4.81. The molecule has 3 heteroatoms. The number of hydrogen-bond acceptors (Lipinski definition) is 2. The van der Waals surface area contributed by atoms with Gasteiger partial charge in [0.2, 0.25) is 8.32 Å². The summed E-state index contributed by atoms with van der Waals surface area (Å²) in [6.07, 6.45) is 3.31. The van der Waals surface area contributed by atoms with E-state index in [1.165, 1.54) is 28.0 Å². The predicted octanol–water partition coefficient (Wildman–Crippen LogP) is 5.83. The van der Waals surface area contributed by atoms with Gasteiger partial charge in [0.25, 0.3) is 0 Å². The molecule has 0 aromatic heterocycles.